The third-order valence-electron chi connectivity index (χ3n) is 4.13. The summed E-state index contributed by atoms with van der Waals surface area (Å²) in [5.74, 6) is -1.96. The molecule has 2 aliphatic rings. The molecule has 2 aliphatic heterocycles. The van der Waals surface area contributed by atoms with Crippen molar-refractivity contribution in [3.05, 3.63) is 28.8 Å². The number of carbonyl (C=O) groups is 3. The summed E-state index contributed by atoms with van der Waals surface area (Å²) < 4.78 is 41.2. The van der Waals surface area contributed by atoms with Gasteiger partial charge in [-0.3, -0.25) is 19.7 Å². The average Bonchev–Trinajstić information content (AvgIpc) is 2.79. The Morgan fingerprint density at radius 3 is 2.58 bits per heavy atom. The summed E-state index contributed by atoms with van der Waals surface area (Å²) in [4.78, 5) is 37.0. The van der Waals surface area contributed by atoms with Gasteiger partial charge in [-0.2, -0.15) is 0 Å². The topological polar surface area (TPSA) is 75.7 Å². The van der Waals surface area contributed by atoms with Crippen molar-refractivity contribution in [2.75, 3.05) is 0 Å². The summed E-state index contributed by atoms with van der Waals surface area (Å²) >= 11 is 0. The minimum absolute atomic E-state index is 0.0737. The molecule has 3 amide bonds. The molecule has 24 heavy (non-hydrogen) atoms. The number of amides is 3. The lowest BCUT2D eigenvalue weighted by Crippen LogP contribution is -2.52. The maximum absolute atomic E-state index is 12.6. The van der Waals surface area contributed by atoms with Crippen molar-refractivity contribution >= 4 is 17.7 Å². The van der Waals surface area contributed by atoms with Gasteiger partial charge in [0.15, 0.2) is 0 Å². The molecule has 1 aromatic carbocycles. The molecule has 1 fully saturated rings. The van der Waals surface area contributed by atoms with E-state index >= 15 is 0 Å². The highest BCUT2D eigenvalue weighted by Crippen LogP contribution is 2.35. The van der Waals surface area contributed by atoms with E-state index in [0.717, 1.165) is 6.07 Å². The van der Waals surface area contributed by atoms with Crippen LogP contribution in [-0.2, 0) is 16.1 Å². The van der Waals surface area contributed by atoms with Crippen LogP contribution >= 0.6 is 0 Å². The molecular formula is C15H13F3N2O4. The van der Waals surface area contributed by atoms with E-state index in [-0.39, 0.29) is 30.5 Å². The van der Waals surface area contributed by atoms with Gasteiger partial charge in [-0.05, 0) is 25.0 Å². The summed E-state index contributed by atoms with van der Waals surface area (Å²) in [6.45, 7) is 1.47. The first-order valence-corrected chi connectivity index (χ1v) is 7.20. The van der Waals surface area contributed by atoms with Crippen LogP contribution in [0.15, 0.2) is 12.1 Å². The Hall–Kier alpha value is -2.58. The molecule has 0 radical (unpaired) electrons. The summed E-state index contributed by atoms with van der Waals surface area (Å²) in [5.41, 5.74) is 0.711. The molecule has 0 spiro atoms. The number of hydrogen-bond donors (Lipinski definition) is 1. The SMILES string of the molecule is Cc1c(OC(F)(F)F)ccc2c1C(=O)N(C1CCC(=O)NC1=O)C2. The van der Waals surface area contributed by atoms with Crippen LogP contribution < -0.4 is 10.1 Å². The second-order valence-electron chi connectivity index (χ2n) is 5.67. The normalized spacial score (nSPS) is 20.9. The summed E-state index contributed by atoms with van der Waals surface area (Å²) in [5, 5.41) is 2.17. The summed E-state index contributed by atoms with van der Waals surface area (Å²) in [6, 6.07) is 1.73. The van der Waals surface area contributed by atoms with Crippen molar-refractivity contribution in [3.63, 3.8) is 0 Å². The molecule has 1 saturated heterocycles. The maximum atomic E-state index is 12.6. The van der Waals surface area contributed by atoms with Gasteiger partial charge in [0.05, 0.1) is 5.56 Å². The lowest BCUT2D eigenvalue weighted by molar-refractivity contribution is -0.274. The minimum Gasteiger partial charge on any atom is -0.405 e. The smallest absolute Gasteiger partial charge is 0.405 e. The molecule has 1 aromatic rings. The molecule has 1 unspecified atom stereocenters. The van der Waals surface area contributed by atoms with Gasteiger partial charge >= 0.3 is 6.36 Å². The van der Waals surface area contributed by atoms with Gasteiger partial charge in [0.2, 0.25) is 11.8 Å². The fraction of sp³-hybridized carbons (Fsp3) is 0.400. The zero-order valence-electron chi connectivity index (χ0n) is 12.6. The summed E-state index contributed by atoms with van der Waals surface area (Å²) in [6.07, 6.45) is -4.56. The zero-order valence-corrected chi connectivity index (χ0v) is 12.6. The Morgan fingerprint density at radius 1 is 1.25 bits per heavy atom. The Morgan fingerprint density at radius 2 is 1.96 bits per heavy atom. The Bertz CT molecular complexity index is 745. The number of imide groups is 1. The Balaban J connectivity index is 1.89. The van der Waals surface area contributed by atoms with Crippen molar-refractivity contribution in [3.8, 4) is 5.75 Å². The van der Waals surface area contributed by atoms with Gasteiger partial charge in [0.1, 0.15) is 11.8 Å². The van der Waals surface area contributed by atoms with Crippen molar-refractivity contribution in [2.24, 2.45) is 0 Å². The van der Waals surface area contributed by atoms with E-state index in [9.17, 15) is 27.6 Å². The number of benzene rings is 1. The van der Waals surface area contributed by atoms with E-state index in [0.29, 0.717) is 5.56 Å². The van der Waals surface area contributed by atoms with Gasteiger partial charge in [-0.15, -0.1) is 13.2 Å². The standard InChI is InChI=1S/C15H13F3N2O4/c1-7-10(24-15(16,17)18)4-2-8-6-20(14(23)12(7)8)9-3-5-11(21)19-13(9)22/h2,4,9H,3,5-6H2,1H3,(H,19,21,22). The lowest BCUT2D eigenvalue weighted by atomic mass is 10.0. The predicted molar refractivity (Wildman–Crippen MR) is 73.9 cm³/mol. The number of rotatable bonds is 2. The fourth-order valence-corrected chi connectivity index (χ4v) is 3.04. The van der Waals surface area contributed by atoms with Crippen molar-refractivity contribution < 1.29 is 32.3 Å². The largest absolute Gasteiger partial charge is 0.573 e. The number of piperidine rings is 1. The van der Waals surface area contributed by atoms with Crippen LogP contribution in [0.1, 0.15) is 34.3 Å². The van der Waals surface area contributed by atoms with Crippen LogP contribution in [-0.4, -0.2) is 35.0 Å². The van der Waals surface area contributed by atoms with Crippen LogP contribution in [0.2, 0.25) is 0 Å². The zero-order chi connectivity index (χ0) is 17.6. The molecule has 1 N–H and O–H groups in total. The Labute approximate surface area is 134 Å². The average molecular weight is 342 g/mol. The number of alkyl halides is 3. The molecule has 0 aromatic heterocycles. The van der Waals surface area contributed by atoms with Gasteiger partial charge < -0.3 is 9.64 Å². The van der Waals surface area contributed by atoms with Gasteiger partial charge in [0, 0.05) is 18.5 Å². The van der Waals surface area contributed by atoms with Crippen LogP contribution in [0.5, 0.6) is 5.75 Å². The van der Waals surface area contributed by atoms with E-state index in [1.54, 1.807) is 0 Å². The minimum atomic E-state index is -4.86. The monoisotopic (exact) mass is 342 g/mol. The first-order chi connectivity index (χ1) is 11.2. The van der Waals surface area contributed by atoms with E-state index in [1.807, 2.05) is 0 Å². The number of nitrogens with one attached hydrogen (secondary N) is 1. The first-order valence-electron chi connectivity index (χ1n) is 7.20. The molecule has 1 atom stereocenters. The van der Waals surface area contributed by atoms with E-state index < -0.39 is 35.9 Å². The molecule has 6 nitrogen and oxygen atoms in total. The highest BCUT2D eigenvalue weighted by Gasteiger charge is 2.41. The number of fused-ring (bicyclic) bond motifs is 1. The number of carbonyl (C=O) groups excluding carboxylic acids is 3. The molecule has 3 rings (SSSR count). The number of halogens is 3. The second kappa shape index (κ2) is 5.50. The number of ether oxygens (including phenoxy) is 1. The van der Waals surface area contributed by atoms with Gasteiger partial charge in [-0.1, -0.05) is 6.07 Å². The fourth-order valence-electron chi connectivity index (χ4n) is 3.04. The predicted octanol–water partition coefficient (Wildman–Crippen LogP) is 1.65. The van der Waals surface area contributed by atoms with Crippen LogP contribution in [0.25, 0.3) is 0 Å². The quantitative estimate of drug-likeness (QED) is 0.830. The molecular weight excluding hydrogens is 329 g/mol. The molecule has 128 valence electrons. The van der Waals surface area contributed by atoms with Crippen molar-refractivity contribution in [1.82, 2.24) is 10.2 Å². The van der Waals surface area contributed by atoms with Crippen molar-refractivity contribution in [1.29, 1.82) is 0 Å². The van der Waals surface area contributed by atoms with Gasteiger partial charge in [0.25, 0.3) is 5.91 Å². The molecule has 0 saturated carbocycles. The molecule has 2 heterocycles. The first kappa shape index (κ1) is 16.3. The second-order valence-corrected chi connectivity index (χ2v) is 5.67. The Kier molecular flexibility index (Phi) is 3.73. The van der Waals surface area contributed by atoms with Crippen LogP contribution in [0, 0.1) is 6.92 Å². The van der Waals surface area contributed by atoms with E-state index in [1.165, 1.54) is 17.9 Å². The number of hydrogen-bond acceptors (Lipinski definition) is 4. The molecule has 0 aliphatic carbocycles. The van der Waals surface area contributed by atoms with E-state index in [2.05, 4.69) is 10.1 Å². The summed E-state index contributed by atoms with van der Waals surface area (Å²) in [7, 11) is 0. The highest BCUT2D eigenvalue weighted by molar-refractivity contribution is 6.06. The molecule has 0 bridgehead atoms. The third-order valence-corrected chi connectivity index (χ3v) is 4.13. The highest BCUT2D eigenvalue weighted by atomic mass is 19.4. The molecule has 9 heteroatoms. The lowest BCUT2D eigenvalue weighted by Gasteiger charge is -2.29. The third kappa shape index (κ3) is 2.81. The van der Waals surface area contributed by atoms with Crippen molar-refractivity contribution in [2.45, 2.75) is 38.7 Å². The van der Waals surface area contributed by atoms with Crippen LogP contribution in [0.3, 0.4) is 0 Å². The van der Waals surface area contributed by atoms with E-state index in [4.69, 9.17) is 0 Å². The van der Waals surface area contributed by atoms with Gasteiger partial charge in [-0.25, -0.2) is 0 Å². The maximum Gasteiger partial charge on any atom is 0.573 e. The number of nitrogens with zero attached hydrogens (tertiary/aromatic N) is 1. The van der Waals surface area contributed by atoms with Crippen LogP contribution in [0.4, 0.5) is 13.2 Å².